The van der Waals surface area contributed by atoms with E-state index in [-0.39, 0.29) is 17.4 Å². The number of nitrogens with one attached hydrogen (secondary N) is 1. The van der Waals surface area contributed by atoms with Crippen molar-refractivity contribution in [2.24, 2.45) is 5.41 Å². The highest BCUT2D eigenvalue weighted by atomic mass is 16.5. The summed E-state index contributed by atoms with van der Waals surface area (Å²) in [5.74, 6) is 0.720. The number of aliphatic hydroxyl groups excluding tert-OH is 1. The lowest BCUT2D eigenvalue weighted by molar-refractivity contribution is -0.122. The first kappa shape index (κ1) is 16.7. The van der Waals surface area contributed by atoms with Crippen LogP contribution in [0.5, 0.6) is 5.75 Å². The maximum absolute atomic E-state index is 12.0. The minimum atomic E-state index is -0.316. The van der Waals surface area contributed by atoms with Crippen LogP contribution >= 0.6 is 0 Å². The van der Waals surface area contributed by atoms with Gasteiger partial charge in [-0.2, -0.15) is 0 Å². The van der Waals surface area contributed by atoms with Crippen LogP contribution in [0.25, 0.3) is 0 Å². The summed E-state index contributed by atoms with van der Waals surface area (Å²) >= 11 is 0. The maximum Gasteiger partial charge on any atom is 0.220 e. The molecule has 0 aromatic carbocycles. The SMILES string of the molecule is COc1cncc(CCC(=O)NCC2(C)CCCCC2O)c1. The second-order valence-electron chi connectivity index (χ2n) is 6.43. The van der Waals surface area contributed by atoms with E-state index in [0.29, 0.717) is 25.1 Å². The van der Waals surface area contributed by atoms with Gasteiger partial charge in [0, 0.05) is 24.6 Å². The quantitative estimate of drug-likeness (QED) is 0.844. The molecule has 0 bridgehead atoms. The highest BCUT2D eigenvalue weighted by Crippen LogP contribution is 2.35. The zero-order valence-corrected chi connectivity index (χ0v) is 13.5. The van der Waals surface area contributed by atoms with E-state index in [1.807, 2.05) is 6.07 Å². The number of nitrogens with zero attached hydrogens (tertiary/aromatic N) is 1. The van der Waals surface area contributed by atoms with Crippen molar-refractivity contribution < 1.29 is 14.6 Å². The molecular weight excluding hydrogens is 280 g/mol. The Bertz CT molecular complexity index is 506. The second-order valence-corrected chi connectivity index (χ2v) is 6.43. The third-order valence-corrected chi connectivity index (χ3v) is 4.62. The van der Waals surface area contributed by atoms with Gasteiger partial charge in [-0.15, -0.1) is 0 Å². The van der Waals surface area contributed by atoms with E-state index in [1.165, 1.54) is 0 Å². The Hall–Kier alpha value is -1.62. The Labute approximate surface area is 132 Å². The summed E-state index contributed by atoms with van der Waals surface area (Å²) in [6.45, 7) is 2.60. The number of carbonyl (C=O) groups is 1. The molecule has 2 N–H and O–H groups in total. The predicted molar refractivity (Wildman–Crippen MR) is 84.7 cm³/mol. The molecule has 1 aliphatic carbocycles. The van der Waals surface area contributed by atoms with Crippen molar-refractivity contribution in [1.29, 1.82) is 0 Å². The molecule has 0 aliphatic heterocycles. The Morgan fingerprint density at radius 1 is 1.50 bits per heavy atom. The molecule has 5 nitrogen and oxygen atoms in total. The largest absolute Gasteiger partial charge is 0.495 e. The molecule has 2 atom stereocenters. The highest BCUT2D eigenvalue weighted by molar-refractivity contribution is 5.76. The zero-order valence-electron chi connectivity index (χ0n) is 13.5. The average Bonchev–Trinajstić information content (AvgIpc) is 2.54. The first-order valence-corrected chi connectivity index (χ1v) is 7.96. The Morgan fingerprint density at radius 3 is 3.05 bits per heavy atom. The molecule has 2 rings (SSSR count). The van der Waals surface area contributed by atoms with E-state index in [1.54, 1.807) is 19.5 Å². The van der Waals surface area contributed by atoms with Gasteiger partial charge in [0.1, 0.15) is 5.75 Å². The van der Waals surface area contributed by atoms with Crippen molar-refractivity contribution in [2.75, 3.05) is 13.7 Å². The van der Waals surface area contributed by atoms with E-state index in [0.717, 1.165) is 31.2 Å². The lowest BCUT2D eigenvalue weighted by Crippen LogP contribution is -2.45. The highest BCUT2D eigenvalue weighted by Gasteiger charge is 2.35. The van der Waals surface area contributed by atoms with Crippen LogP contribution < -0.4 is 10.1 Å². The first-order chi connectivity index (χ1) is 10.5. The fourth-order valence-corrected chi connectivity index (χ4v) is 2.95. The Morgan fingerprint density at radius 2 is 2.32 bits per heavy atom. The lowest BCUT2D eigenvalue weighted by Gasteiger charge is -2.38. The van der Waals surface area contributed by atoms with E-state index in [9.17, 15) is 9.90 Å². The van der Waals surface area contributed by atoms with Gasteiger partial charge in [-0.25, -0.2) is 0 Å². The van der Waals surface area contributed by atoms with Gasteiger partial charge in [-0.05, 0) is 30.9 Å². The summed E-state index contributed by atoms with van der Waals surface area (Å²) in [7, 11) is 1.60. The van der Waals surface area contributed by atoms with Crippen molar-refractivity contribution in [2.45, 2.75) is 51.6 Å². The van der Waals surface area contributed by atoms with Gasteiger partial charge in [-0.1, -0.05) is 19.8 Å². The van der Waals surface area contributed by atoms with Crippen molar-refractivity contribution in [3.8, 4) is 5.75 Å². The molecule has 1 aromatic rings. The summed E-state index contributed by atoms with van der Waals surface area (Å²) in [5.41, 5.74) is 0.796. The molecule has 22 heavy (non-hydrogen) atoms. The molecule has 1 aliphatic rings. The number of aromatic nitrogens is 1. The van der Waals surface area contributed by atoms with Gasteiger partial charge >= 0.3 is 0 Å². The summed E-state index contributed by atoms with van der Waals surface area (Å²) in [4.78, 5) is 16.1. The molecule has 0 radical (unpaired) electrons. The molecule has 122 valence electrons. The molecule has 2 unspecified atom stereocenters. The topological polar surface area (TPSA) is 71.5 Å². The van der Waals surface area contributed by atoms with Crippen molar-refractivity contribution in [1.82, 2.24) is 10.3 Å². The summed E-state index contributed by atoms with van der Waals surface area (Å²) in [5, 5.41) is 13.1. The monoisotopic (exact) mass is 306 g/mol. The molecule has 1 saturated carbocycles. The number of hydrogen-bond donors (Lipinski definition) is 2. The van der Waals surface area contributed by atoms with Gasteiger partial charge in [0.15, 0.2) is 0 Å². The third kappa shape index (κ3) is 4.44. The van der Waals surface area contributed by atoms with Gasteiger partial charge in [0.25, 0.3) is 0 Å². The summed E-state index contributed by atoms with van der Waals surface area (Å²) < 4.78 is 5.12. The zero-order chi connectivity index (χ0) is 16.0. The van der Waals surface area contributed by atoms with E-state index < -0.39 is 0 Å². The van der Waals surface area contributed by atoms with Crippen molar-refractivity contribution in [3.05, 3.63) is 24.0 Å². The number of amides is 1. The second kappa shape index (κ2) is 7.58. The van der Waals surface area contributed by atoms with Crippen LogP contribution in [0.1, 0.15) is 44.6 Å². The molecular formula is C17H26N2O3. The predicted octanol–water partition coefficient (Wildman–Crippen LogP) is 2.08. The lowest BCUT2D eigenvalue weighted by atomic mass is 9.73. The molecule has 1 amide bonds. The molecule has 0 saturated heterocycles. The molecule has 0 spiro atoms. The van der Waals surface area contributed by atoms with Crippen LogP contribution in [0, 0.1) is 5.41 Å². The van der Waals surface area contributed by atoms with Crippen molar-refractivity contribution >= 4 is 5.91 Å². The van der Waals surface area contributed by atoms with Crippen LogP contribution in [0.2, 0.25) is 0 Å². The minimum Gasteiger partial charge on any atom is -0.495 e. The van der Waals surface area contributed by atoms with Gasteiger partial charge in [0.05, 0.1) is 19.4 Å². The number of carbonyl (C=O) groups excluding carboxylic acids is 1. The summed E-state index contributed by atoms with van der Waals surface area (Å²) in [6.07, 6.45) is 8.14. The van der Waals surface area contributed by atoms with Crippen LogP contribution in [0.15, 0.2) is 18.5 Å². The molecule has 5 heteroatoms. The van der Waals surface area contributed by atoms with Crippen LogP contribution in [0.3, 0.4) is 0 Å². The maximum atomic E-state index is 12.0. The van der Waals surface area contributed by atoms with Gasteiger partial charge < -0.3 is 15.2 Å². The summed E-state index contributed by atoms with van der Waals surface area (Å²) in [6, 6.07) is 1.90. The average molecular weight is 306 g/mol. The number of aliphatic hydroxyl groups is 1. The normalized spacial score (nSPS) is 24.8. The standard InChI is InChI=1S/C17H26N2O3/c1-17(8-4-3-5-15(17)20)12-19-16(21)7-6-13-9-14(22-2)11-18-10-13/h9-11,15,20H,3-8,12H2,1-2H3,(H,19,21). The third-order valence-electron chi connectivity index (χ3n) is 4.62. The fourth-order valence-electron chi connectivity index (χ4n) is 2.95. The molecule has 1 heterocycles. The smallest absolute Gasteiger partial charge is 0.220 e. The number of aryl methyl sites for hydroxylation is 1. The van der Waals surface area contributed by atoms with E-state index in [4.69, 9.17) is 4.74 Å². The number of ether oxygens (including phenoxy) is 1. The van der Waals surface area contributed by atoms with Gasteiger partial charge in [0.2, 0.25) is 5.91 Å². The fraction of sp³-hybridized carbons (Fsp3) is 0.647. The number of rotatable bonds is 6. The Balaban J connectivity index is 1.78. The molecule has 1 fully saturated rings. The number of hydrogen-bond acceptors (Lipinski definition) is 4. The van der Waals surface area contributed by atoms with Crippen LogP contribution in [-0.2, 0) is 11.2 Å². The number of methoxy groups -OCH3 is 1. The first-order valence-electron chi connectivity index (χ1n) is 7.96. The van der Waals surface area contributed by atoms with E-state index in [2.05, 4.69) is 17.2 Å². The van der Waals surface area contributed by atoms with Gasteiger partial charge in [-0.3, -0.25) is 9.78 Å². The van der Waals surface area contributed by atoms with Crippen molar-refractivity contribution in [3.63, 3.8) is 0 Å². The number of pyridine rings is 1. The van der Waals surface area contributed by atoms with E-state index >= 15 is 0 Å². The minimum absolute atomic E-state index is 0.0156. The van der Waals surface area contributed by atoms with Crippen LogP contribution in [0.4, 0.5) is 0 Å². The molecule has 1 aromatic heterocycles. The Kier molecular flexibility index (Phi) is 5.77. The van der Waals surface area contributed by atoms with Crippen LogP contribution in [-0.4, -0.2) is 35.8 Å².